The lowest BCUT2D eigenvalue weighted by Crippen LogP contribution is -2.26. The van der Waals surface area contributed by atoms with Gasteiger partial charge < -0.3 is 5.32 Å². The molecule has 0 aromatic carbocycles. The van der Waals surface area contributed by atoms with Crippen LogP contribution in [0, 0.1) is 12.3 Å². The molecule has 0 aliphatic heterocycles. The average molecular weight is 256 g/mol. The molecular weight excluding hydrogens is 240 g/mol. The number of aromatic nitrogens is 1. The summed E-state index contributed by atoms with van der Waals surface area (Å²) in [6, 6.07) is 0. The second-order valence-electron chi connectivity index (χ2n) is 4.48. The molecule has 3 nitrogen and oxygen atoms in total. The number of nitrogens with zero attached hydrogens (tertiary/aromatic N) is 1. The summed E-state index contributed by atoms with van der Waals surface area (Å²) in [5.74, 6) is 0.941. The summed E-state index contributed by atoms with van der Waals surface area (Å²) in [6.45, 7) is 2.57. The van der Waals surface area contributed by atoms with Crippen molar-refractivity contribution in [1.29, 1.82) is 0 Å². The Morgan fingerprint density at radius 2 is 2.44 bits per heavy atom. The molecular formula is C11H16N2OS2. The van der Waals surface area contributed by atoms with E-state index < -0.39 is 0 Å². The number of amides is 1. The lowest BCUT2D eigenvalue weighted by atomic mass is 10.1. The topological polar surface area (TPSA) is 42.0 Å². The summed E-state index contributed by atoms with van der Waals surface area (Å²) < 4.78 is 0. The summed E-state index contributed by atoms with van der Waals surface area (Å²) >= 11 is 5.92. The molecule has 16 heavy (non-hydrogen) atoms. The highest BCUT2D eigenvalue weighted by Crippen LogP contribution is 2.49. The Labute approximate surface area is 105 Å². The Kier molecular flexibility index (Phi) is 3.54. The van der Waals surface area contributed by atoms with E-state index in [0.29, 0.717) is 13.0 Å². The van der Waals surface area contributed by atoms with Crippen molar-refractivity contribution in [3.63, 3.8) is 0 Å². The van der Waals surface area contributed by atoms with Crippen LogP contribution in [0.4, 0.5) is 0 Å². The zero-order chi connectivity index (χ0) is 11.6. The minimum absolute atomic E-state index is 0.124. The van der Waals surface area contributed by atoms with Gasteiger partial charge in [0.25, 0.3) is 0 Å². The number of nitrogens with one attached hydrogen (secondary N) is 1. The number of carbonyl (C=O) groups excluding carboxylic acids is 1. The van der Waals surface area contributed by atoms with Crippen molar-refractivity contribution in [3.05, 3.63) is 16.1 Å². The predicted molar refractivity (Wildman–Crippen MR) is 68.8 cm³/mol. The molecule has 1 N–H and O–H groups in total. The number of hydrogen-bond donors (Lipinski definition) is 2. The Morgan fingerprint density at radius 1 is 1.69 bits per heavy atom. The van der Waals surface area contributed by atoms with Gasteiger partial charge in [0.05, 0.1) is 6.54 Å². The summed E-state index contributed by atoms with van der Waals surface area (Å²) in [5.41, 5.74) is 0.200. The van der Waals surface area contributed by atoms with Gasteiger partial charge in [-0.3, -0.25) is 4.79 Å². The lowest BCUT2D eigenvalue weighted by molar-refractivity contribution is -0.122. The van der Waals surface area contributed by atoms with Crippen LogP contribution in [0.25, 0.3) is 0 Å². The van der Waals surface area contributed by atoms with Gasteiger partial charge >= 0.3 is 0 Å². The highest BCUT2D eigenvalue weighted by Gasteiger charge is 2.42. The minimum Gasteiger partial charge on any atom is -0.350 e. The standard InChI is InChI=1S/C11H16N2OS2/c1-8-5-13-10(16-8)6-12-9(14)4-11(7-15)2-3-11/h5,15H,2-4,6-7H2,1H3,(H,12,14). The van der Waals surface area contributed by atoms with Gasteiger partial charge in [-0.25, -0.2) is 4.98 Å². The smallest absolute Gasteiger partial charge is 0.220 e. The van der Waals surface area contributed by atoms with Crippen molar-refractivity contribution < 1.29 is 4.79 Å². The maximum absolute atomic E-state index is 11.7. The SMILES string of the molecule is Cc1cnc(CNC(=O)CC2(CS)CC2)s1. The van der Waals surface area contributed by atoms with Crippen molar-refractivity contribution in [2.24, 2.45) is 5.41 Å². The van der Waals surface area contributed by atoms with Crippen LogP contribution in [0.5, 0.6) is 0 Å². The largest absolute Gasteiger partial charge is 0.350 e. The van der Waals surface area contributed by atoms with E-state index in [-0.39, 0.29) is 11.3 Å². The third kappa shape index (κ3) is 2.98. The van der Waals surface area contributed by atoms with Crippen LogP contribution in [-0.2, 0) is 11.3 Å². The molecule has 0 saturated heterocycles. The van der Waals surface area contributed by atoms with Crippen LogP contribution in [-0.4, -0.2) is 16.6 Å². The Balaban J connectivity index is 1.76. The van der Waals surface area contributed by atoms with Crippen LogP contribution in [0.15, 0.2) is 6.20 Å². The molecule has 5 heteroatoms. The maximum Gasteiger partial charge on any atom is 0.220 e. The van der Waals surface area contributed by atoms with Crippen molar-refractivity contribution >= 4 is 29.9 Å². The van der Waals surface area contributed by atoms with E-state index in [4.69, 9.17) is 0 Å². The number of thiazole rings is 1. The number of rotatable bonds is 5. The third-order valence-electron chi connectivity index (χ3n) is 2.93. The van der Waals surface area contributed by atoms with Gasteiger partial charge in [-0.2, -0.15) is 12.6 Å². The Hall–Kier alpha value is -0.550. The fourth-order valence-corrected chi connectivity index (χ4v) is 2.78. The molecule has 0 unspecified atom stereocenters. The average Bonchev–Trinajstić information content (AvgIpc) is 2.91. The quantitative estimate of drug-likeness (QED) is 0.793. The van der Waals surface area contributed by atoms with Crippen LogP contribution in [0.2, 0.25) is 0 Å². The summed E-state index contributed by atoms with van der Waals surface area (Å²) in [7, 11) is 0. The molecule has 1 aromatic heterocycles. The predicted octanol–water partition coefficient (Wildman–Crippen LogP) is 2.17. The fourth-order valence-electron chi connectivity index (χ4n) is 1.63. The maximum atomic E-state index is 11.7. The first-order chi connectivity index (χ1) is 7.63. The fraction of sp³-hybridized carbons (Fsp3) is 0.636. The monoisotopic (exact) mass is 256 g/mol. The van der Waals surface area contributed by atoms with Gasteiger partial charge in [-0.1, -0.05) is 0 Å². The first kappa shape index (κ1) is 11.9. The second-order valence-corrected chi connectivity index (χ2v) is 6.11. The second kappa shape index (κ2) is 4.75. The summed E-state index contributed by atoms with van der Waals surface area (Å²) in [5, 5.41) is 3.89. The van der Waals surface area contributed by atoms with E-state index in [1.165, 1.54) is 4.88 Å². The van der Waals surface area contributed by atoms with Crippen LogP contribution >= 0.6 is 24.0 Å². The zero-order valence-corrected chi connectivity index (χ0v) is 11.0. The molecule has 1 aromatic rings. The lowest BCUT2D eigenvalue weighted by Gasteiger charge is -2.10. The van der Waals surface area contributed by atoms with Crippen LogP contribution in [0.3, 0.4) is 0 Å². The number of aryl methyl sites for hydroxylation is 1. The Bertz CT molecular complexity index is 385. The van der Waals surface area contributed by atoms with Crippen molar-refractivity contribution in [2.45, 2.75) is 32.7 Å². The van der Waals surface area contributed by atoms with Crippen molar-refractivity contribution in [2.75, 3.05) is 5.75 Å². The van der Waals surface area contributed by atoms with Crippen molar-refractivity contribution in [1.82, 2.24) is 10.3 Å². The molecule has 0 radical (unpaired) electrons. The highest BCUT2D eigenvalue weighted by molar-refractivity contribution is 7.80. The van der Waals surface area contributed by atoms with E-state index in [2.05, 4.69) is 22.9 Å². The van der Waals surface area contributed by atoms with Crippen LogP contribution < -0.4 is 5.32 Å². The highest BCUT2D eigenvalue weighted by atomic mass is 32.1. The summed E-state index contributed by atoms with van der Waals surface area (Å²) in [4.78, 5) is 17.1. The van der Waals surface area contributed by atoms with Gasteiger partial charge in [0, 0.05) is 17.5 Å². The molecule has 1 aliphatic carbocycles. The number of carbonyl (C=O) groups is 1. The first-order valence-corrected chi connectivity index (χ1v) is 6.87. The Morgan fingerprint density at radius 3 is 2.94 bits per heavy atom. The van der Waals surface area contributed by atoms with Gasteiger partial charge in [0.15, 0.2) is 0 Å². The van der Waals surface area contributed by atoms with Gasteiger partial charge in [0.1, 0.15) is 5.01 Å². The van der Waals surface area contributed by atoms with Crippen LogP contribution in [0.1, 0.15) is 29.1 Å². The van der Waals surface area contributed by atoms with Gasteiger partial charge in [-0.15, -0.1) is 11.3 Å². The molecule has 1 amide bonds. The van der Waals surface area contributed by atoms with Gasteiger partial charge in [-0.05, 0) is 30.9 Å². The van der Waals surface area contributed by atoms with E-state index in [1.807, 2.05) is 13.1 Å². The molecule has 1 saturated carbocycles. The summed E-state index contributed by atoms with van der Waals surface area (Å²) in [6.07, 6.45) is 4.73. The first-order valence-electron chi connectivity index (χ1n) is 5.42. The molecule has 2 rings (SSSR count). The number of hydrogen-bond acceptors (Lipinski definition) is 4. The van der Waals surface area contributed by atoms with E-state index >= 15 is 0 Å². The number of thiol groups is 1. The molecule has 1 heterocycles. The van der Waals surface area contributed by atoms with E-state index in [9.17, 15) is 4.79 Å². The molecule has 0 atom stereocenters. The molecule has 88 valence electrons. The molecule has 1 fully saturated rings. The molecule has 1 aliphatic rings. The molecule has 0 bridgehead atoms. The van der Waals surface area contributed by atoms with Crippen molar-refractivity contribution in [3.8, 4) is 0 Å². The van der Waals surface area contributed by atoms with E-state index in [1.54, 1.807) is 11.3 Å². The molecule has 0 spiro atoms. The van der Waals surface area contributed by atoms with E-state index in [0.717, 1.165) is 23.6 Å². The minimum atomic E-state index is 0.124. The zero-order valence-electron chi connectivity index (χ0n) is 9.32. The normalized spacial score (nSPS) is 17.1. The van der Waals surface area contributed by atoms with Gasteiger partial charge in [0.2, 0.25) is 5.91 Å². The third-order valence-corrected chi connectivity index (χ3v) is 4.52.